The zero-order valence-corrected chi connectivity index (χ0v) is 19.8. The Morgan fingerprint density at radius 2 is 1.81 bits per heavy atom. The molecule has 2 aliphatic rings. The number of amides is 1. The predicted molar refractivity (Wildman–Crippen MR) is 128 cm³/mol. The topological polar surface area (TPSA) is 98.3 Å². The molecule has 196 valence electrons. The van der Waals surface area contributed by atoms with Crippen LogP contribution in [0.25, 0.3) is 10.8 Å². The Morgan fingerprint density at radius 3 is 2.51 bits per heavy atom. The summed E-state index contributed by atoms with van der Waals surface area (Å²) < 4.78 is 52.5. The van der Waals surface area contributed by atoms with Crippen LogP contribution in [0.2, 0.25) is 0 Å². The summed E-state index contributed by atoms with van der Waals surface area (Å²) in [7, 11) is 0. The van der Waals surface area contributed by atoms with E-state index in [4.69, 9.17) is 0 Å². The van der Waals surface area contributed by atoms with Crippen molar-refractivity contribution in [2.24, 2.45) is 0 Å². The Kier molecular flexibility index (Phi) is 6.69. The van der Waals surface area contributed by atoms with Crippen LogP contribution in [-0.4, -0.2) is 69.7 Å². The summed E-state index contributed by atoms with van der Waals surface area (Å²) in [6, 6.07) is 4.49. The molecule has 2 fully saturated rings. The zero-order valence-electron chi connectivity index (χ0n) is 19.8. The van der Waals surface area contributed by atoms with Gasteiger partial charge in [-0.2, -0.15) is 18.3 Å². The Bertz CT molecular complexity index is 1340. The average Bonchev–Trinajstić information content (AvgIpc) is 3.35. The Balaban J connectivity index is 1.18. The van der Waals surface area contributed by atoms with Gasteiger partial charge in [-0.15, -0.1) is 0 Å². The van der Waals surface area contributed by atoms with E-state index in [0.717, 1.165) is 25.2 Å². The van der Waals surface area contributed by atoms with Crippen LogP contribution in [-0.2, 0) is 11.0 Å². The molecule has 0 spiro atoms. The highest BCUT2D eigenvalue weighted by atomic mass is 19.4. The first-order valence-electron chi connectivity index (χ1n) is 12.1. The number of rotatable bonds is 5. The molecule has 0 radical (unpaired) electrons. The average molecular weight is 520 g/mol. The minimum atomic E-state index is -4.49. The number of carbonyl (C=O) groups is 1. The number of alkyl halides is 3. The fraction of sp³-hybridized carbons (Fsp3) is 0.458. The molecule has 0 unspecified atom stereocenters. The van der Waals surface area contributed by atoms with Gasteiger partial charge in [0, 0.05) is 63.0 Å². The van der Waals surface area contributed by atoms with Crippen molar-refractivity contribution in [3.8, 4) is 0 Å². The van der Waals surface area contributed by atoms with E-state index in [9.17, 15) is 27.2 Å². The van der Waals surface area contributed by atoms with Gasteiger partial charge in [-0.1, -0.05) is 12.1 Å². The number of carbonyl (C=O) groups excluding carboxylic acids is 1. The third-order valence-electron chi connectivity index (χ3n) is 6.97. The number of benzene rings is 1. The summed E-state index contributed by atoms with van der Waals surface area (Å²) >= 11 is 0. The number of hydrogen-bond acceptors (Lipinski definition) is 7. The highest BCUT2D eigenvalue weighted by Crippen LogP contribution is 2.32. The predicted octanol–water partition coefficient (Wildman–Crippen LogP) is 2.97. The first-order valence-corrected chi connectivity index (χ1v) is 12.1. The number of aromatic nitrogens is 4. The maximum Gasteiger partial charge on any atom is 0.419 e. The molecule has 2 saturated heterocycles. The van der Waals surface area contributed by atoms with Gasteiger partial charge in [0.05, 0.1) is 10.9 Å². The van der Waals surface area contributed by atoms with Crippen LogP contribution < -0.4 is 15.4 Å². The fourth-order valence-corrected chi connectivity index (χ4v) is 5.03. The minimum absolute atomic E-state index is 0.00910. The lowest BCUT2D eigenvalue weighted by molar-refractivity contribution is -0.138. The van der Waals surface area contributed by atoms with E-state index in [1.54, 1.807) is 21.9 Å². The van der Waals surface area contributed by atoms with E-state index in [1.807, 2.05) is 4.90 Å². The van der Waals surface area contributed by atoms with Gasteiger partial charge in [-0.25, -0.2) is 19.5 Å². The Hall–Kier alpha value is -3.77. The van der Waals surface area contributed by atoms with Crippen LogP contribution in [0.5, 0.6) is 0 Å². The number of aromatic amines is 1. The normalized spacial score (nSPS) is 18.6. The van der Waals surface area contributed by atoms with Crippen molar-refractivity contribution < 1.29 is 22.4 Å². The number of fused-ring (bicyclic) bond motifs is 1. The number of anilines is 2. The lowest BCUT2D eigenvalue weighted by Gasteiger charge is -2.35. The van der Waals surface area contributed by atoms with Gasteiger partial charge >= 0.3 is 6.18 Å². The number of piperazine rings is 1. The van der Waals surface area contributed by atoms with Gasteiger partial charge < -0.3 is 14.7 Å². The molecule has 1 amide bonds. The van der Waals surface area contributed by atoms with Crippen molar-refractivity contribution in [3.05, 3.63) is 52.3 Å². The molecule has 5 rings (SSSR count). The maximum atomic E-state index is 14.3. The summed E-state index contributed by atoms with van der Waals surface area (Å²) in [4.78, 5) is 38.2. The molecule has 0 bridgehead atoms. The van der Waals surface area contributed by atoms with Gasteiger partial charge in [0.15, 0.2) is 5.82 Å². The Labute approximate surface area is 209 Å². The summed E-state index contributed by atoms with van der Waals surface area (Å²) in [6.07, 6.45) is -0.321. The molecule has 13 heteroatoms. The number of H-pyrrole nitrogens is 1. The van der Waals surface area contributed by atoms with E-state index in [2.05, 4.69) is 20.2 Å². The van der Waals surface area contributed by atoms with Crippen molar-refractivity contribution in [2.45, 2.75) is 37.9 Å². The van der Waals surface area contributed by atoms with Crippen LogP contribution in [0.3, 0.4) is 0 Å². The van der Waals surface area contributed by atoms with E-state index in [-0.39, 0.29) is 23.3 Å². The van der Waals surface area contributed by atoms with Crippen LogP contribution in [0, 0.1) is 5.82 Å². The molecule has 2 aliphatic heterocycles. The minimum Gasteiger partial charge on any atom is -0.352 e. The summed E-state index contributed by atoms with van der Waals surface area (Å²) in [5.74, 6) is 0.104. The maximum absolute atomic E-state index is 14.3. The standard InChI is InChI=1S/C24H25F4N7O2/c25-18-5-1-4-17-20(18)22(37)32-31-21(17)35-8-2-3-16(35)6-7-19(36)33-9-11-34(12-10-33)23-29-13-15(14-30-23)24(26,27)28/h1,4-5,13-14,16H,2-3,6-12H2,(H,32,37)/t16-/m0/s1. The fourth-order valence-electron chi connectivity index (χ4n) is 5.03. The number of nitrogens with one attached hydrogen (secondary N) is 1. The van der Waals surface area contributed by atoms with Crippen LogP contribution >= 0.6 is 0 Å². The molecule has 2 aromatic heterocycles. The van der Waals surface area contributed by atoms with Gasteiger partial charge in [0.25, 0.3) is 5.56 Å². The van der Waals surface area contributed by atoms with E-state index >= 15 is 0 Å². The third kappa shape index (κ3) is 5.07. The monoisotopic (exact) mass is 519 g/mol. The van der Waals surface area contributed by atoms with Gasteiger partial charge in [0.1, 0.15) is 5.82 Å². The molecule has 37 heavy (non-hydrogen) atoms. The van der Waals surface area contributed by atoms with Crippen molar-refractivity contribution >= 4 is 28.4 Å². The van der Waals surface area contributed by atoms with Crippen LogP contribution in [0.4, 0.5) is 29.3 Å². The van der Waals surface area contributed by atoms with Gasteiger partial charge in [-0.3, -0.25) is 9.59 Å². The smallest absolute Gasteiger partial charge is 0.352 e. The molecule has 3 aromatic rings. The van der Waals surface area contributed by atoms with Crippen molar-refractivity contribution in [3.63, 3.8) is 0 Å². The molecule has 1 aromatic carbocycles. The summed E-state index contributed by atoms with van der Waals surface area (Å²) in [5.41, 5.74) is -1.48. The molecule has 4 heterocycles. The molecule has 0 aliphatic carbocycles. The largest absolute Gasteiger partial charge is 0.419 e. The molecular formula is C24H25F4N7O2. The first-order chi connectivity index (χ1) is 17.7. The molecule has 9 nitrogen and oxygen atoms in total. The first kappa shape index (κ1) is 24.9. The van der Waals surface area contributed by atoms with Crippen molar-refractivity contribution in [2.75, 3.05) is 42.5 Å². The highest BCUT2D eigenvalue weighted by molar-refractivity contribution is 5.92. The van der Waals surface area contributed by atoms with Crippen LogP contribution in [0.1, 0.15) is 31.2 Å². The quantitative estimate of drug-likeness (QED) is 0.518. The lowest BCUT2D eigenvalue weighted by Crippen LogP contribution is -2.49. The van der Waals surface area contributed by atoms with Crippen molar-refractivity contribution in [1.29, 1.82) is 0 Å². The van der Waals surface area contributed by atoms with E-state index < -0.39 is 23.1 Å². The third-order valence-corrected chi connectivity index (χ3v) is 6.97. The van der Waals surface area contributed by atoms with E-state index in [0.29, 0.717) is 56.8 Å². The van der Waals surface area contributed by atoms with Crippen LogP contribution in [0.15, 0.2) is 35.4 Å². The SMILES string of the molecule is O=C(CC[C@@H]1CCCN1c1n[nH]c(=O)c2c(F)cccc12)N1CCN(c2ncc(C(F)(F)F)cn2)CC1. The molecule has 0 saturated carbocycles. The summed E-state index contributed by atoms with van der Waals surface area (Å²) in [6.45, 7) is 2.37. The zero-order chi connectivity index (χ0) is 26.2. The molecule has 1 N–H and O–H groups in total. The highest BCUT2D eigenvalue weighted by Gasteiger charge is 2.32. The van der Waals surface area contributed by atoms with Gasteiger partial charge in [0.2, 0.25) is 11.9 Å². The number of halogens is 4. The van der Waals surface area contributed by atoms with E-state index in [1.165, 1.54) is 6.07 Å². The molecular weight excluding hydrogens is 494 g/mol. The van der Waals surface area contributed by atoms with Gasteiger partial charge in [-0.05, 0) is 25.3 Å². The number of nitrogens with zero attached hydrogens (tertiary/aromatic N) is 6. The number of hydrogen-bond donors (Lipinski definition) is 1. The second kappa shape index (κ2) is 9.94. The molecule has 1 atom stereocenters. The second-order valence-corrected chi connectivity index (χ2v) is 9.20. The van der Waals surface area contributed by atoms with Crippen molar-refractivity contribution in [1.82, 2.24) is 25.1 Å². The second-order valence-electron chi connectivity index (χ2n) is 9.20. The Morgan fingerprint density at radius 1 is 1.08 bits per heavy atom. The lowest BCUT2D eigenvalue weighted by atomic mass is 10.1. The summed E-state index contributed by atoms with van der Waals surface area (Å²) in [5, 5.41) is 7.02.